The molecule has 0 aliphatic rings. The van der Waals surface area contributed by atoms with Crippen LogP contribution in [0.4, 0.5) is 20.4 Å². The largest absolute Gasteiger partial charge is 0.369 e. The first-order valence-corrected chi connectivity index (χ1v) is 12.0. The van der Waals surface area contributed by atoms with E-state index in [4.69, 9.17) is 5.73 Å². The van der Waals surface area contributed by atoms with Crippen molar-refractivity contribution in [3.05, 3.63) is 107 Å². The van der Waals surface area contributed by atoms with Crippen molar-refractivity contribution in [1.29, 1.82) is 0 Å². The van der Waals surface area contributed by atoms with Crippen molar-refractivity contribution in [3.8, 4) is 16.8 Å². The van der Waals surface area contributed by atoms with Crippen molar-refractivity contribution in [2.75, 3.05) is 10.5 Å². The minimum atomic E-state index is -4.25. The van der Waals surface area contributed by atoms with E-state index in [2.05, 4.69) is 14.7 Å². The van der Waals surface area contributed by atoms with E-state index in [-0.39, 0.29) is 16.2 Å². The zero-order chi connectivity index (χ0) is 25.4. The Morgan fingerprint density at radius 1 is 0.889 bits per heavy atom. The molecule has 0 saturated carbocycles. The predicted octanol–water partition coefficient (Wildman–Crippen LogP) is 4.11. The number of rotatable bonds is 5. The number of nitrogens with one attached hydrogen (secondary N) is 1. The Labute approximate surface area is 203 Å². The van der Waals surface area contributed by atoms with Crippen LogP contribution in [-0.2, 0) is 10.0 Å². The Morgan fingerprint density at radius 2 is 1.67 bits per heavy atom. The summed E-state index contributed by atoms with van der Waals surface area (Å²) in [7, 11) is -4.25. The van der Waals surface area contributed by atoms with E-state index in [9.17, 15) is 22.0 Å². The van der Waals surface area contributed by atoms with Gasteiger partial charge in [-0.05, 0) is 48.0 Å². The molecule has 8 nitrogen and oxygen atoms in total. The number of aromatic nitrogens is 3. The van der Waals surface area contributed by atoms with Gasteiger partial charge in [-0.25, -0.2) is 26.7 Å². The molecule has 2 heterocycles. The van der Waals surface area contributed by atoms with Crippen molar-refractivity contribution < 1.29 is 17.2 Å². The van der Waals surface area contributed by atoms with Gasteiger partial charge in [0.25, 0.3) is 15.6 Å². The number of fused-ring (bicyclic) bond motifs is 1. The summed E-state index contributed by atoms with van der Waals surface area (Å²) < 4.78 is 56.2. The van der Waals surface area contributed by atoms with Gasteiger partial charge in [-0.1, -0.05) is 24.3 Å². The van der Waals surface area contributed by atoms with Gasteiger partial charge in [-0.15, -0.1) is 0 Å². The Morgan fingerprint density at radius 3 is 2.42 bits per heavy atom. The van der Waals surface area contributed by atoms with Crippen LogP contribution in [0.3, 0.4) is 0 Å². The summed E-state index contributed by atoms with van der Waals surface area (Å²) >= 11 is 0. The number of halogens is 2. The summed E-state index contributed by atoms with van der Waals surface area (Å²) in [5, 5.41) is 0.269. The number of hydrogen-bond donors (Lipinski definition) is 2. The molecular formula is C25H17F2N5O3S. The maximum Gasteiger partial charge on any atom is 0.267 e. The third-order valence-electron chi connectivity index (χ3n) is 5.44. The molecule has 0 radical (unpaired) electrons. The Balaban J connectivity index is 1.56. The number of pyridine rings is 1. The van der Waals surface area contributed by atoms with Crippen molar-refractivity contribution in [3.63, 3.8) is 0 Å². The van der Waals surface area contributed by atoms with Gasteiger partial charge in [0.05, 0.1) is 22.3 Å². The molecule has 0 spiro atoms. The van der Waals surface area contributed by atoms with E-state index in [1.165, 1.54) is 16.8 Å². The molecule has 3 aromatic carbocycles. The van der Waals surface area contributed by atoms with Crippen LogP contribution >= 0.6 is 0 Å². The lowest BCUT2D eigenvalue weighted by molar-refractivity contribution is 0.582. The summed E-state index contributed by atoms with van der Waals surface area (Å²) in [6.07, 6.45) is 2.53. The smallest absolute Gasteiger partial charge is 0.267 e. The third kappa shape index (κ3) is 4.27. The number of nitrogens with two attached hydrogens (primary N) is 1. The molecule has 0 aliphatic heterocycles. The van der Waals surface area contributed by atoms with Crippen LogP contribution in [0.5, 0.6) is 0 Å². The molecule has 0 atom stereocenters. The topological polar surface area (TPSA) is 120 Å². The van der Waals surface area contributed by atoms with E-state index in [1.807, 2.05) is 6.07 Å². The zero-order valence-electron chi connectivity index (χ0n) is 18.4. The maximum atomic E-state index is 14.0. The minimum absolute atomic E-state index is 0.0281. The molecule has 180 valence electrons. The van der Waals surface area contributed by atoms with E-state index in [0.29, 0.717) is 28.4 Å². The molecule has 0 unspecified atom stereocenters. The fourth-order valence-corrected chi connectivity index (χ4v) is 4.76. The summed E-state index contributed by atoms with van der Waals surface area (Å²) in [5.41, 5.74) is 7.06. The number of sulfonamides is 1. The summed E-state index contributed by atoms with van der Waals surface area (Å²) in [6, 6.07) is 17.5. The number of nitrogen functional groups attached to an aromatic ring is 1. The lowest BCUT2D eigenvalue weighted by atomic mass is 10.1. The maximum absolute atomic E-state index is 14.0. The molecule has 3 N–H and O–H groups in total. The highest BCUT2D eigenvalue weighted by Crippen LogP contribution is 2.26. The van der Waals surface area contributed by atoms with Crippen molar-refractivity contribution >= 4 is 32.6 Å². The summed E-state index contributed by atoms with van der Waals surface area (Å²) in [4.78, 5) is 21.3. The second kappa shape index (κ2) is 8.86. The lowest BCUT2D eigenvalue weighted by Gasteiger charge is -2.12. The van der Waals surface area contributed by atoms with Crippen LogP contribution in [-0.4, -0.2) is 23.0 Å². The monoisotopic (exact) mass is 505 g/mol. The van der Waals surface area contributed by atoms with Crippen LogP contribution < -0.4 is 16.0 Å². The molecule has 2 aromatic heterocycles. The van der Waals surface area contributed by atoms with Gasteiger partial charge >= 0.3 is 0 Å². The normalized spacial score (nSPS) is 11.5. The summed E-state index contributed by atoms with van der Waals surface area (Å²) in [6.45, 7) is 0. The van der Waals surface area contributed by atoms with Gasteiger partial charge in [0.1, 0.15) is 16.5 Å². The van der Waals surface area contributed by atoms with E-state index < -0.39 is 32.9 Å². The molecule has 0 fully saturated rings. The number of benzene rings is 3. The van der Waals surface area contributed by atoms with Crippen LogP contribution in [0, 0.1) is 11.6 Å². The molecule has 0 aliphatic carbocycles. The van der Waals surface area contributed by atoms with E-state index in [0.717, 1.165) is 18.3 Å². The van der Waals surface area contributed by atoms with Crippen molar-refractivity contribution in [2.45, 2.75) is 4.90 Å². The minimum Gasteiger partial charge on any atom is -0.369 e. The Kier molecular flexibility index (Phi) is 5.69. The molecule has 0 bridgehead atoms. The number of anilines is 2. The quantitative estimate of drug-likeness (QED) is 0.371. The zero-order valence-corrected chi connectivity index (χ0v) is 19.2. The molecule has 0 saturated heterocycles. The molecule has 5 aromatic rings. The van der Waals surface area contributed by atoms with Crippen molar-refractivity contribution in [2.24, 2.45) is 0 Å². The highest BCUT2D eigenvalue weighted by Gasteiger charge is 2.19. The van der Waals surface area contributed by atoms with Gasteiger partial charge in [0.2, 0.25) is 5.95 Å². The van der Waals surface area contributed by atoms with Gasteiger partial charge in [0.15, 0.2) is 0 Å². The molecule has 5 rings (SSSR count). The number of para-hydroxylation sites is 1. The highest BCUT2D eigenvalue weighted by atomic mass is 32.2. The van der Waals surface area contributed by atoms with Crippen molar-refractivity contribution in [1.82, 2.24) is 14.5 Å². The predicted molar refractivity (Wildman–Crippen MR) is 132 cm³/mol. The molecule has 11 heteroatoms. The third-order valence-corrected chi connectivity index (χ3v) is 6.77. The fourth-order valence-electron chi connectivity index (χ4n) is 3.71. The van der Waals surface area contributed by atoms with Gasteiger partial charge < -0.3 is 5.73 Å². The van der Waals surface area contributed by atoms with Gasteiger partial charge in [-0.3, -0.25) is 14.5 Å². The first-order chi connectivity index (χ1) is 17.2. The van der Waals surface area contributed by atoms with E-state index >= 15 is 0 Å². The van der Waals surface area contributed by atoms with Crippen LogP contribution in [0.1, 0.15) is 0 Å². The number of hydrogen-bond acceptors (Lipinski definition) is 6. The highest BCUT2D eigenvalue weighted by molar-refractivity contribution is 7.92. The Hall–Kier alpha value is -4.64. The second-order valence-corrected chi connectivity index (χ2v) is 9.50. The van der Waals surface area contributed by atoms with Crippen LogP contribution in [0.2, 0.25) is 0 Å². The second-order valence-electron chi connectivity index (χ2n) is 7.82. The molecule has 36 heavy (non-hydrogen) atoms. The molecule has 0 amide bonds. The van der Waals surface area contributed by atoms with E-state index in [1.54, 1.807) is 42.5 Å². The SMILES string of the molecule is Nc1nc2ccc(-c3cncc(S(=O)(=O)Nc4ccc(F)cc4F)c3)cc2c(=O)n1-c1ccccc1. The number of nitrogens with zero attached hydrogens (tertiary/aromatic N) is 3. The van der Waals surface area contributed by atoms with Crippen LogP contribution in [0.25, 0.3) is 27.7 Å². The summed E-state index contributed by atoms with van der Waals surface area (Å²) in [5.74, 6) is -1.86. The first kappa shape index (κ1) is 23.1. The first-order valence-electron chi connectivity index (χ1n) is 10.5. The fraction of sp³-hybridized carbons (Fsp3) is 0. The molecular weight excluding hydrogens is 488 g/mol. The lowest BCUT2D eigenvalue weighted by Crippen LogP contribution is -2.23. The Bertz CT molecular complexity index is 1790. The van der Waals surface area contributed by atoms with Gasteiger partial charge in [0, 0.05) is 24.0 Å². The average Bonchev–Trinajstić information content (AvgIpc) is 2.86. The average molecular weight is 506 g/mol. The van der Waals surface area contributed by atoms with Gasteiger partial charge in [-0.2, -0.15) is 0 Å². The standard InChI is InChI=1S/C25H17F2N5O3S/c26-17-7-9-23(21(27)12-17)31-36(34,35)19-10-16(13-29-14-19)15-6-8-22-20(11-15)24(33)32(25(28)30-22)18-4-2-1-3-5-18/h1-14,31H,(H2,28,30). The van der Waals surface area contributed by atoms with Crippen LogP contribution in [0.15, 0.2) is 94.9 Å².